The second-order valence-corrected chi connectivity index (χ2v) is 9.28. The van der Waals surface area contributed by atoms with Gasteiger partial charge in [0.25, 0.3) is 5.91 Å². The fourth-order valence-electron chi connectivity index (χ4n) is 3.83. The number of ether oxygens (including phenoxy) is 1. The number of amides is 2. The van der Waals surface area contributed by atoms with Crippen LogP contribution in [0.25, 0.3) is 0 Å². The molecule has 0 radical (unpaired) electrons. The van der Waals surface area contributed by atoms with Crippen LogP contribution in [-0.2, 0) is 22.4 Å². The second-order valence-electron chi connectivity index (χ2n) is 8.09. The van der Waals surface area contributed by atoms with Crippen LogP contribution in [0, 0.1) is 17.1 Å². The molecule has 182 valence electrons. The first-order valence-electron chi connectivity index (χ1n) is 11.4. The zero-order valence-corrected chi connectivity index (χ0v) is 20.4. The Morgan fingerprint density at radius 2 is 1.72 bits per heavy atom. The summed E-state index contributed by atoms with van der Waals surface area (Å²) >= 11 is 1.18. The Hall–Kier alpha value is -4.09. The van der Waals surface area contributed by atoms with Crippen molar-refractivity contribution in [1.82, 2.24) is 5.32 Å². The van der Waals surface area contributed by atoms with E-state index in [4.69, 9.17) is 4.74 Å². The monoisotopic (exact) mass is 501 g/mol. The minimum absolute atomic E-state index is 0.117. The van der Waals surface area contributed by atoms with E-state index in [9.17, 15) is 19.2 Å². The molecule has 36 heavy (non-hydrogen) atoms. The summed E-state index contributed by atoms with van der Waals surface area (Å²) < 4.78 is 18.5. The number of benzene rings is 3. The maximum absolute atomic E-state index is 13.4. The van der Waals surface area contributed by atoms with E-state index in [2.05, 4.69) is 5.32 Å². The van der Waals surface area contributed by atoms with E-state index < -0.39 is 11.2 Å². The van der Waals surface area contributed by atoms with Gasteiger partial charge in [0.05, 0.1) is 12.4 Å². The van der Waals surface area contributed by atoms with Crippen molar-refractivity contribution in [2.45, 2.75) is 18.1 Å². The molecule has 1 N–H and O–H groups in total. The van der Waals surface area contributed by atoms with Gasteiger partial charge in [-0.25, -0.2) is 4.39 Å². The minimum atomic E-state index is -0.555. The van der Waals surface area contributed by atoms with Crippen molar-refractivity contribution < 1.29 is 18.7 Å². The summed E-state index contributed by atoms with van der Waals surface area (Å²) in [6.07, 6.45) is 0.917. The summed E-state index contributed by atoms with van der Waals surface area (Å²) in [5.74, 6) is -0.374. The molecule has 0 unspecified atom stereocenters. The molecule has 3 aromatic carbocycles. The van der Waals surface area contributed by atoms with Gasteiger partial charge >= 0.3 is 0 Å². The van der Waals surface area contributed by atoms with E-state index in [0.717, 1.165) is 16.9 Å². The smallest absolute Gasteiger partial charge is 0.264 e. The van der Waals surface area contributed by atoms with Gasteiger partial charge in [0.15, 0.2) is 0 Å². The fraction of sp³-hybridized carbons (Fsp3) is 0.179. The Balaban J connectivity index is 1.55. The van der Waals surface area contributed by atoms with E-state index >= 15 is 0 Å². The molecule has 1 heterocycles. The van der Waals surface area contributed by atoms with Crippen molar-refractivity contribution >= 4 is 29.3 Å². The largest absolute Gasteiger partial charge is 0.497 e. The van der Waals surface area contributed by atoms with Crippen LogP contribution in [0.2, 0.25) is 0 Å². The number of rotatable bonds is 8. The molecule has 3 aromatic rings. The first-order valence-corrected chi connectivity index (χ1v) is 12.2. The topological polar surface area (TPSA) is 82.4 Å². The Morgan fingerprint density at radius 1 is 1.06 bits per heavy atom. The Labute approximate surface area is 213 Å². The van der Waals surface area contributed by atoms with Gasteiger partial charge in [-0.05, 0) is 60.4 Å². The van der Waals surface area contributed by atoms with Gasteiger partial charge in [-0.2, -0.15) is 5.26 Å². The SMILES string of the molecule is COc1ccc(CCNC(=O)/C(C#N)=C2/S[C@@H](Cc3ccc(F)cc3)C(=O)N2c2ccccc2)cc1. The predicted octanol–water partition coefficient (Wildman–Crippen LogP) is 4.62. The lowest BCUT2D eigenvalue weighted by molar-refractivity contribution is -0.117. The predicted molar refractivity (Wildman–Crippen MR) is 138 cm³/mol. The van der Waals surface area contributed by atoms with Gasteiger partial charge in [-0.1, -0.05) is 54.2 Å². The molecule has 1 aliphatic rings. The van der Waals surface area contributed by atoms with Crippen LogP contribution >= 0.6 is 11.8 Å². The molecule has 8 heteroatoms. The number of nitrogens with zero attached hydrogens (tertiary/aromatic N) is 2. The summed E-state index contributed by atoms with van der Waals surface area (Å²) in [6.45, 7) is 0.326. The van der Waals surface area contributed by atoms with Crippen LogP contribution in [0.4, 0.5) is 10.1 Å². The normalized spacial score (nSPS) is 16.4. The summed E-state index contributed by atoms with van der Waals surface area (Å²) in [5.41, 5.74) is 2.26. The Morgan fingerprint density at radius 3 is 2.36 bits per heavy atom. The number of halogens is 1. The van der Waals surface area contributed by atoms with E-state index in [1.165, 1.54) is 28.8 Å². The zero-order valence-electron chi connectivity index (χ0n) is 19.6. The summed E-state index contributed by atoms with van der Waals surface area (Å²) in [7, 11) is 1.60. The van der Waals surface area contributed by atoms with Crippen LogP contribution in [0.5, 0.6) is 5.75 Å². The molecule has 1 atom stereocenters. The quantitative estimate of drug-likeness (QED) is 0.360. The van der Waals surface area contributed by atoms with Crippen LogP contribution < -0.4 is 15.0 Å². The highest BCUT2D eigenvalue weighted by atomic mass is 32.2. The number of hydrogen-bond donors (Lipinski definition) is 1. The van der Waals surface area contributed by atoms with Crippen LogP contribution in [0.1, 0.15) is 11.1 Å². The highest BCUT2D eigenvalue weighted by Gasteiger charge is 2.40. The molecule has 0 bridgehead atoms. The average Bonchev–Trinajstić information content (AvgIpc) is 3.22. The van der Waals surface area contributed by atoms with E-state index in [1.807, 2.05) is 36.4 Å². The van der Waals surface area contributed by atoms with E-state index in [0.29, 0.717) is 30.1 Å². The molecule has 1 saturated heterocycles. The lowest BCUT2D eigenvalue weighted by Crippen LogP contribution is -2.32. The van der Waals surface area contributed by atoms with Crippen molar-refractivity contribution in [3.63, 3.8) is 0 Å². The molecule has 0 aliphatic carbocycles. The molecule has 2 amide bonds. The molecule has 1 aliphatic heterocycles. The number of carbonyl (C=O) groups is 2. The molecule has 0 aromatic heterocycles. The zero-order chi connectivity index (χ0) is 25.5. The third-order valence-electron chi connectivity index (χ3n) is 5.71. The van der Waals surface area contributed by atoms with Gasteiger partial charge in [0, 0.05) is 12.2 Å². The van der Waals surface area contributed by atoms with Crippen LogP contribution in [-0.4, -0.2) is 30.7 Å². The molecule has 0 saturated carbocycles. The van der Waals surface area contributed by atoms with Crippen molar-refractivity contribution in [3.05, 3.63) is 106 Å². The van der Waals surface area contributed by atoms with Crippen molar-refractivity contribution in [1.29, 1.82) is 5.26 Å². The Bertz CT molecular complexity index is 1300. The van der Waals surface area contributed by atoms with Gasteiger partial charge in [0.1, 0.15) is 28.2 Å². The highest BCUT2D eigenvalue weighted by molar-refractivity contribution is 8.05. The van der Waals surface area contributed by atoms with Gasteiger partial charge < -0.3 is 10.1 Å². The van der Waals surface area contributed by atoms with Crippen molar-refractivity contribution in [2.75, 3.05) is 18.6 Å². The standard InChI is InChI=1S/C28H24FN3O3S/c1-35-23-13-9-19(10-14-23)15-16-31-26(33)24(18-30)28-32(22-5-3-2-4-6-22)27(34)25(36-28)17-20-7-11-21(29)12-8-20/h2-14,25H,15-17H2,1H3,(H,31,33)/b28-24+/t25-/m0/s1. The second kappa shape index (κ2) is 11.6. The minimum Gasteiger partial charge on any atom is -0.497 e. The maximum atomic E-state index is 13.4. The molecule has 1 fully saturated rings. The maximum Gasteiger partial charge on any atom is 0.264 e. The van der Waals surface area contributed by atoms with E-state index in [-0.39, 0.29) is 17.3 Å². The molecular weight excluding hydrogens is 477 g/mol. The fourth-order valence-corrected chi connectivity index (χ4v) is 5.14. The van der Waals surface area contributed by atoms with Gasteiger partial charge in [-0.3, -0.25) is 14.5 Å². The van der Waals surface area contributed by atoms with Crippen LogP contribution in [0.3, 0.4) is 0 Å². The molecular formula is C28H24FN3O3S. The molecule has 4 rings (SSSR count). The van der Waals surface area contributed by atoms with Crippen LogP contribution in [0.15, 0.2) is 89.5 Å². The third kappa shape index (κ3) is 5.75. The number of nitriles is 1. The third-order valence-corrected chi connectivity index (χ3v) is 6.98. The first kappa shape index (κ1) is 25.0. The summed E-state index contributed by atoms with van der Waals surface area (Å²) in [6, 6.07) is 24.4. The number of hydrogen-bond acceptors (Lipinski definition) is 5. The summed E-state index contributed by atoms with van der Waals surface area (Å²) in [5, 5.41) is 12.5. The summed E-state index contributed by atoms with van der Waals surface area (Å²) in [4.78, 5) is 27.9. The number of nitrogens with one attached hydrogen (secondary N) is 1. The van der Waals surface area contributed by atoms with E-state index in [1.54, 1.807) is 43.5 Å². The van der Waals surface area contributed by atoms with Crippen molar-refractivity contribution in [2.24, 2.45) is 0 Å². The molecule has 6 nitrogen and oxygen atoms in total. The first-order chi connectivity index (χ1) is 17.5. The highest BCUT2D eigenvalue weighted by Crippen LogP contribution is 2.41. The lowest BCUT2D eigenvalue weighted by atomic mass is 10.1. The number of carbonyl (C=O) groups excluding carboxylic acids is 2. The van der Waals surface area contributed by atoms with Crippen molar-refractivity contribution in [3.8, 4) is 11.8 Å². The lowest BCUT2D eigenvalue weighted by Gasteiger charge is -2.18. The Kier molecular flexibility index (Phi) is 8.03. The number of thioether (sulfide) groups is 1. The molecule has 0 spiro atoms. The average molecular weight is 502 g/mol. The van der Waals surface area contributed by atoms with Gasteiger partial charge in [-0.15, -0.1) is 0 Å². The number of methoxy groups -OCH3 is 1. The number of para-hydroxylation sites is 1. The van der Waals surface area contributed by atoms with Gasteiger partial charge in [0.2, 0.25) is 5.91 Å². The number of anilines is 1.